The molecule has 0 amide bonds. The number of aromatic nitrogens is 1. The van der Waals surface area contributed by atoms with Crippen LogP contribution in [0.3, 0.4) is 0 Å². The lowest BCUT2D eigenvalue weighted by molar-refractivity contribution is 0.859. The fraction of sp³-hybridized carbons (Fsp3) is 0.211. The quantitative estimate of drug-likeness (QED) is 0.667. The maximum atomic E-state index is 4.64. The van der Waals surface area contributed by atoms with Crippen LogP contribution in [-0.4, -0.2) is 29.6 Å². The predicted molar refractivity (Wildman–Crippen MR) is 105 cm³/mol. The second kappa shape index (κ2) is 6.77. The molecule has 1 aliphatic heterocycles. The van der Waals surface area contributed by atoms with Crippen LogP contribution in [0.2, 0.25) is 0 Å². The standard InChI is InChI=1S/C19H18N2S2/c1-2-4-18-17(3-1)20-19(23-18)10-7-15-5-8-16(9-6-15)21-11-13-22-14-12-21/h1-10H,11-14H2/b10-7+. The van der Waals surface area contributed by atoms with Gasteiger partial charge in [-0.05, 0) is 35.9 Å². The molecule has 0 bridgehead atoms. The number of nitrogens with zero attached hydrogens (tertiary/aromatic N) is 2. The first-order chi connectivity index (χ1) is 11.4. The zero-order valence-corrected chi connectivity index (χ0v) is 14.4. The number of thiazole rings is 1. The fourth-order valence-corrected chi connectivity index (χ4v) is 4.52. The Labute approximate surface area is 144 Å². The van der Waals surface area contributed by atoms with E-state index < -0.39 is 0 Å². The van der Waals surface area contributed by atoms with Gasteiger partial charge in [-0.25, -0.2) is 4.98 Å². The molecular weight excluding hydrogens is 320 g/mol. The van der Waals surface area contributed by atoms with Gasteiger partial charge in [0.1, 0.15) is 5.01 Å². The third-order valence-electron chi connectivity index (χ3n) is 4.00. The van der Waals surface area contributed by atoms with E-state index in [1.54, 1.807) is 11.3 Å². The summed E-state index contributed by atoms with van der Waals surface area (Å²) in [6, 6.07) is 17.1. The van der Waals surface area contributed by atoms with E-state index in [0.29, 0.717) is 0 Å². The molecule has 0 atom stereocenters. The van der Waals surface area contributed by atoms with E-state index in [1.165, 1.54) is 27.5 Å². The molecule has 0 radical (unpaired) electrons. The Morgan fingerprint density at radius 1 is 0.913 bits per heavy atom. The molecule has 23 heavy (non-hydrogen) atoms. The van der Waals surface area contributed by atoms with Crippen LogP contribution >= 0.6 is 23.1 Å². The second-order valence-corrected chi connectivity index (χ2v) is 7.83. The lowest BCUT2D eigenvalue weighted by Crippen LogP contribution is -2.32. The number of para-hydroxylation sites is 1. The highest BCUT2D eigenvalue weighted by atomic mass is 32.2. The van der Waals surface area contributed by atoms with Crippen LogP contribution in [0.15, 0.2) is 48.5 Å². The molecule has 1 aliphatic rings. The fourth-order valence-electron chi connectivity index (χ4n) is 2.75. The van der Waals surface area contributed by atoms with Crippen LogP contribution in [0.4, 0.5) is 5.69 Å². The van der Waals surface area contributed by atoms with Crippen molar-refractivity contribution < 1.29 is 0 Å². The smallest absolute Gasteiger partial charge is 0.117 e. The van der Waals surface area contributed by atoms with Gasteiger partial charge in [0.15, 0.2) is 0 Å². The zero-order valence-electron chi connectivity index (χ0n) is 12.8. The van der Waals surface area contributed by atoms with Gasteiger partial charge in [-0.1, -0.05) is 30.3 Å². The van der Waals surface area contributed by atoms with Gasteiger partial charge in [0, 0.05) is 30.3 Å². The highest BCUT2D eigenvalue weighted by Gasteiger charge is 2.10. The van der Waals surface area contributed by atoms with Crippen molar-refractivity contribution in [1.82, 2.24) is 4.98 Å². The van der Waals surface area contributed by atoms with Gasteiger partial charge in [-0.2, -0.15) is 11.8 Å². The highest BCUT2D eigenvalue weighted by molar-refractivity contribution is 7.99. The molecule has 3 aromatic rings. The van der Waals surface area contributed by atoms with Crippen LogP contribution in [0.25, 0.3) is 22.4 Å². The third-order valence-corrected chi connectivity index (χ3v) is 5.94. The molecule has 116 valence electrons. The summed E-state index contributed by atoms with van der Waals surface area (Å²) in [5, 5.41) is 1.06. The highest BCUT2D eigenvalue weighted by Crippen LogP contribution is 2.24. The summed E-state index contributed by atoms with van der Waals surface area (Å²) >= 11 is 3.78. The van der Waals surface area contributed by atoms with Crippen molar-refractivity contribution in [1.29, 1.82) is 0 Å². The van der Waals surface area contributed by atoms with Crippen molar-refractivity contribution in [3.8, 4) is 0 Å². The van der Waals surface area contributed by atoms with Crippen molar-refractivity contribution >= 4 is 51.2 Å². The van der Waals surface area contributed by atoms with Crippen LogP contribution in [0.5, 0.6) is 0 Å². The molecule has 1 aromatic heterocycles. The van der Waals surface area contributed by atoms with E-state index in [0.717, 1.165) is 23.6 Å². The minimum atomic E-state index is 1.06. The van der Waals surface area contributed by atoms with E-state index in [1.807, 2.05) is 17.8 Å². The molecule has 2 aromatic carbocycles. The van der Waals surface area contributed by atoms with Crippen molar-refractivity contribution in [2.45, 2.75) is 0 Å². The van der Waals surface area contributed by atoms with Crippen LogP contribution in [0.1, 0.15) is 10.6 Å². The zero-order chi connectivity index (χ0) is 15.5. The van der Waals surface area contributed by atoms with E-state index in [9.17, 15) is 0 Å². The Balaban J connectivity index is 1.49. The summed E-state index contributed by atoms with van der Waals surface area (Å²) in [5.41, 5.74) is 3.64. The molecule has 1 fully saturated rings. The monoisotopic (exact) mass is 338 g/mol. The summed E-state index contributed by atoms with van der Waals surface area (Å²) < 4.78 is 1.24. The van der Waals surface area contributed by atoms with Gasteiger partial charge in [0.05, 0.1) is 10.2 Å². The number of hydrogen-bond acceptors (Lipinski definition) is 4. The Bertz CT molecular complexity index is 782. The minimum absolute atomic E-state index is 1.06. The number of benzene rings is 2. The van der Waals surface area contributed by atoms with E-state index in [2.05, 4.69) is 64.5 Å². The summed E-state index contributed by atoms with van der Waals surface area (Å²) in [7, 11) is 0. The first-order valence-electron chi connectivity index (χ1n) is 7.85. The normalized spacial score (nSPS) is 15.6. The molecule has 4 heteroatoms. The average Bonchev–Trinajstić information content (AvgIpc) is 3.04. The number of hydrogen-bond donors (Lipinski definition) is 0. The topological polar surface area (TPSA) is 16.1 Å². The Morgan fingerprint density at radius 3 is 2.48 bits per heavy atom. The average molecular weight is 339 g/mol. The van der Waals surface area contributed by atoms with Gasteiger partial charge < -0.3 is 4.90 Å². The molecule has 0 aliphatic carbocycles. The van der Waals surface area contributed by atoms with Gasteiger partial charge in [-0.15, -0.1) is 11.3 Å². The molecule has 2 heterocycles. The Kier molecular flexibility index (Phi) is 4.35. The largest absolute Gasteiger partial charge is 0.370 e. The minimum Gasteiger partial charge on any atom is -0.370 e. The number of fused-ring (bicyclic) bond motifs is 1. The molecule has 0 N–H and O–H groups in total. The molecule has 4 rings (SSSR count). The second-order valence-electron chi connectivity index (χ2n) is 5.54. The predicted octanol–water partition coefficient (Wildman–Crippen LogP) is 5.02. The van der Waals surface area contributed by atoms with Crippen molar-refractivity contribution in [2.24, 2.45) is 0 Å². The van der Waals surface area contributed by atoms with Gasteiger partial charge >= 0.3 is 0 Å². The van der Waals surface area contributed by atoms with Crippen LogP contribution in [0, 0.1) is 0 Å². The molecular formula is C19H18N2S2. The molecule has 0 unspecified atom stereocenters. The first-order valence-corrected chi connectivity index (χ1v) is 9.82. The van der Waals surface area contributed by atoms with Crippen molar-refractivity contribution in [2.75, 3.05) is 29.5 Å². The number of rotatable bonds is 3. The summed E-state index contributed by atoms with van der Waals surface area (Å²) in [4.78, 5) is 7.11. The molecule has 0 spiro atoms. The lowest BCUT2D eigenvalue weighted by Gasteiger charge is -2.28. The van der Waals surface area contributed by atoms with Crippen molar-refractivity contribution in [3.63, 3.8) is 0 Å². The lowest BCUT2D eigenvalue weighted by atomic mass is 10.2. The molecule has 0 saturated carbocycles. The van der Waals surface area contributed by atoms with E-state index in [4.69, 9.17) is 0 Å². The maximum absolute atomic E-state index is 4.64. The molecule has 1 saturated heterocycles. The Morgan fingerprint density at radius 2 is 1.70 bits per heavy atom. The SMILES string of the molecule is C(=C\c1nc2ccccc2s1)/c1ccc(N2CCSCC2)cc1. The van der Waals surface area contributed by atoms with E-state index in [-0.39, 0.29) is 0 Å². The number of anilines is 1. The number of thioether (sulfide) groups is 1. The van der Waals surface area contributed by atoms with Crippen molar-refractivity contribution in [3.05, 3.63) is 59.1 Å². The Hall–Kier alpha value is -1.78. The summed E-state index contributed by atoms with van der Waals surface area (Å²) in [6.45, 7) is 2.32. The van der Waals surface area contributed by atoms with Crippen LogP contribution < -0.4 is 4.90 Å². The first kappa shape index (κ1) is 14.8. The van der Waals surface area contributed by atoms with Gasteiger partial charge in [0.25, 0.3) is 0 Å². The van der Waals surface area contributed by atoms with Crippen LogP contribution in [-0.2, 0) is 0 Å². The molecule has 2 nitrogen and oxygen atoms in total. The summed E-state index contributed by atoms with van der Waals surface area (Å²) in [5.74, 6) is 2.47. The van der Waals surface area contributed by atoms with E-state index >= 15 is 0 Å². The summed E-state index contributed by atoms with van der Waals surface area (Å²) in [6.07, 6.45) is 4.25. The third kappa shape index (κ3) is 3.43. The van der Waals surface area contributed by atoms with Gasteiger partial charge in [0.2, 0.25) is 0 Å². The maximum Gasteiger partial charge on any atom is 0.117 e. The van der Waals surface area contributed by atoms with Gasteiger partial charge in [-0.3, -0.25) is 0 Å².